The smallest absolute Gasteiger partial charge is 0.410 e. The number of amides is 1. The molecule has 1 fully saturated rings. The zero-order valence-electron chi connectivity index (χ0n) is 12.0. The molecule has 1 saturated heterocycles. The zero-order valence-corrected chi connectivity index (χ0v) is 13.6. The molecule has 0 aromatic carbocycles. The number of ether oxygens (including phenoxy) is 1. The van der Waals surface area contributed by atoms with E-state index in [0.717, 1.165) is 4.60 Å². The van der Waals surface area contributed by atoms with Crippen LogP contribution >= 0.6 is 15.9 Å². The van der Waals surface area contributed by atoms with Crippen molar-refractivity contribution in [2.75, 3.05) is 31.1 Å². The summed E-state index contributed by atoms with van der Waals surface area (Å²) < 4.78 is 6.13. The highest BCUT2D eigenvalue weighted by molar-refractivity contribution is 9.10. The highest BCUT2D eigenvalue weighted by Crippen LogP contribution is 2.16. The molecule has 1 amide bonds. The molecule has 1 aliphatic rings. The summed E-state index contributed by atoms with van der Waals surface area (Å²) in [5.74, 6) is 0.684. The van der Waals surface area contributed by atoms with Gasteiger partial charge in [-0.2, -0.15) is 0 Å². The average Bonchev–Trinajstić information content (AvgIpc) is 2.37. The highest BCUT2D eigenvalue weighted by Gasteiger charge is 2.26. The second-order valence-electron chi connectivity index (χ2n) is 5.63. The summed E-state index contributed by atoms with van der Waals surface area (Å²) in [6.07, 6.45) is 1.46. The number of carbonyl (C=O) groups excluding carboxylic acids is 1. The van der Waals surface area contributed by atoms with Gasteiger partial charge in [-0.05, 0) is 42.8 Å². The van der Waals surface area contributed by atoms with E-state index in [-0.39, 0.29) is 6.09 Å². The molecule has 2 heterocycles. The summed E-state index contributed by atoms with van der Waals surface area (Å²) in [4.78, 5) is 24.3. The molecule has 0 aliphatic carbocycles. The van der Waals surface area contributed by atoms with Crippen LogP contribution in [0.1, 0.15) is 20.8 Å². The van der Waals surface area contributed by atoms with Crippen LogP contribution in [-0.4, -0.2) is 52.7 Å². The topological polar surface area (TPSA) is 58.6 Å². The van der Waals surface area contributed by atoms with E-state index in [2.05, 4.69) is 30.8 Å². The van der Waals surface area contributed by atoms with Crippen LogP contribution < -0.4 is 4.90 Å². The fraction of sp³-hybridized carbons (Fsp3) is 0.615. The second-order valence-corrected chi connectivity index (χ2v) is 6.45. The number of aromatic nitrogens is 2. The maximum atomic E-state index is 12.0. The predicted octanol–water partition coefficient (Wildman–Crippen LogP) is 2.30. The van der Waals surface area contributed by atoms with Gasteiger partial charge >= 0.3 is 6.09 Å². The average molecular weight is 343 g/mol. The first-order chi connectivity index (χ1) is 9.35. The molecule has 1 aliphatic heterocycles. The van der Waals surface area contributed by atoms with Crippen LogP contribution in [0.5, 0.6) is 0 Å². The quantitative estimate of drug-likeness (QED) is 0.733. The molecular weight excluding hydrogens is 324 g/mol. The van der Waals surface area contributed by atoms with Gasteiger partial charge in [0, 0.05) is 32.4 Å². The van der Waals surface area contributed by atoms with Crippen molar-refractivity contribution in [3.63, 3.8) is 0 Å². The molecule has 0 N–H and O–H groups in total. The summed E-state index contributed by atoms with van der Waals surface area (Å²) in [7, 11) is 0. The van der Waals surface area contributed by atoms with Gasteiger partial charge in [0.25, 0.3) is 0 Å². The van der Waals surface area contributed by atoms with Crippen molar-refractivity contribution >= 4 is 28.0 Å². The molecule has 6 nitrogen and oxygen atoms in total. The van der Waals surface area contributed by atoms with Gasteiger partial charge in [-0.25, -0.2) is 14.8 Å². The lowest BCUT2D eigenvalue weighted by atomic mass is 10.2. The van der Waals surface area contributed by atoms with Crippen molar-refractivity contribution in [3.05, 3.63) is 16.9 Å². The first kappa shape index (κ1) is 15.0. The van der Waals surface area contributed by atoms with E-state index in [1.807, 2.05) is 20.8 Å². The molecule has 2 rings (SSSR count). The molecule has 0 atom stereocenters. The fourth-order valence-electron chi connectivity index (χ4n) is 1.89. The Kier molecular flexibility index (Phi) is 4.47. The molecule has 0 saturated carbocycles. The number of rotatable bonds is 1. The number of anilines is 1. The van der Waals surface area contributed by atoms with Gasteiger partial charge < -0.3 is 14.5 Å². The summed E-state index contributed by atoms with van der Waals surface area (Å²) in [5, 5.41) is 0. The summed E-state index contributed by atoms with van der Waals surface area (Å²) in [6.45, 7) is 8.25. The molecule has 0 radical (unpaired) electrons. The van der Waals surface area contributed by atoms with Gasteiger partial charge in [0.1, 0.15) is 10.2 Å². The minimum absolute atomic E-state index is 0.257. The lowest BCUT2D eigenvalue weighted by Crippen LogP contribution is -2.50. The van der Waals surface area contributed by atoms with E-state index in [1.54, 1.807) is 17.2 Å². The third-order valence-corrected chi connectivity index (χ3v) is 3.26. The van der Waals surface area contributed by atoms with Crippen LogP contribution in [0.25, 0.3) is 0 Å². The number of hydrogen-bond donors (Lipinski definition) is 0. The largest absolute Gasteiger partial charge is 0.444 e. The Morgan fingerprint density at radius 1 is 1.30 bits per heavy atom. The Hall–Kier alpha value is -1.37. The lowest BCUT2D eigenvalue weighted by molar-refractivity contribution is 0.0240. The van der Waals surface area contributed by atoms with Gasteiger partial charge in [0.15, 0.2) is 0 Å². The maximum absolute atomic E-state index is 12.0. The molecular formula is C13H19BrN4O2. The fourth-order valence-corrected chi connectivity index (χ4v) is 2.17. The minimum Gasteiger partial charge on any atom is -0.444 e. The van der Waals surface area contributed by atoms with Crippen molar-refractivity contribution in [3.8, 4) is 0 Å². The number of piperazine rings is 1. The van der Waals surface area contributed by atoms with Crippen molar-refractivity contribution in [2.24, 2.45) is 0 Å². The second kappa shape index (κ2) is 5.95. The Morgan fingerprint density at radius 3 is 2.50 bits per heavy atom. The Balaban J connectivity index is 1.91. The van der Waals surface area contributed by atoms with E-state index >= 15 is 0 Å². The predicted molar refractivity (Wildman–Crippen MR) is 79.8 cm³/mol. The van der Waals surface area contributed by atoms with Crippen molar-refractivity contribution in [1.82, 2.24) is 14.9 Å². The Bertz CT molecular complexity index is 482. The number of nitrogens with zero attached hydrogens (tertiary/aromatic N) is 4. The number of hydrogen-bond acceptors (Lipinski definition) is 5. The maximum Gasteiger partial charge on any atom is 0.410 e. The molecule has 7 heteroatoms. The third-order valence-electron chi connectivity index (χ3n) is 2.82. The van der Waals surface area contributed by atoms with Gasteiger partial charge in [0.05, 0.1) is 0 Å². The summed E-state index contributed by atoms with van der Waals surface area (Å²) in [5.41, 5.74) is -0.457. The molecule has 1 aromatic rings. The highest BCUT2D eigenvalue weighted by atomic mass is 79.9. The lowest BCUT2D eigenvalue weighted by Gasteiger charge is -2.35. The molecule has 20 heavy (non-hydrogen) atoms. The minimum atomic E-state index is -0.457. The summed E-state index contributed by atoms with van der Waals surface area (Å²) in [6, 6.07) is 1.79. The van der Waals surface area contributed by atoms with E-state index in [0.29, 0.717) is 32.1 Å². The third kappa shape index (κ3) is 4.06. The van der Waals surface area contributed by atoms with Crippen LogP contribution in [0.15, 0.2) is 16.9 Å². The van der Waals surface area contributed by atoms with Gasteiger partial charge in [-0.15, -0.1) is 0 Å². The van der Waals surface area contributed by atoms with Crippen LogP contribution in [-0.2, 0) is 4.74 Å². The molecule has 110 valence electrons. The Labute approximate surface area is 127 Å². The standard InChI is InChI=1S/C13H19BrN4O2/c1-13(2,3)20-12(19)18-8-6-17(7-9-18)11-15-5-4-10(14)16-11/h4-5H,6-9H2,1-3H3. The van der Waals surface area contributed by atoms with Crippen LogP contribution in [0, 0.1) is 0 Å². The summed E-state index contributed by atoms with van der Waals surface area (Å²) >= 11 is 3.33. The SMILES string of the molecule is CC(C)(C)OC(=O)N1CCN(c2nccc(Br)n2)CC1. The van der Waals surface area contributed by atoms with Crippen molar-refractivity contribution < 1.29 is 9.53 Å². The molecule has 0 unspecified atom stereocenters. The van der Waals surface area contributed by atoms with E-state index in [9.17, 15) is 4.79 Å². The van der Waals surface area contributed by atoms with Gasteiger partial charge in [0.2, 0.25) is 5.95 Å². The Morgan fingerprint density at radius 2 is 1.95 bits per heavy atom. The van der Waals surface area contributed by atoms with Crippen LogP contribution in [0.4, 0.5) is 10.7 Å². The zero-order chi connectivity index (χ0) is 14.8. The van der Waals surface area contributed by atoms with Crippen molar-refractivity contribution in [1.29, 1.82) is 0 Å². The van der Waals surface area contributed by atoms with E-state index in [4.69, 9.17) is 4.74 Å². The van der Waals surface area contributed by atoms with Crippen LogP contribution in [0.3, 0.4) is 0 Å². The van der Waals surface area contributed by atoms with E-state index < -0.39 is 5.60 Å². The first-order valence-corrected chi connectivity index (χ1v) is 7.36. The number of carbonyl (C=O) groups is 1. The number of halogens is 1. The first-order valence-electron chi connectivity index (χ1n) is 6.56. The van der Waals surface area contributed by atoms with Crippen molar-refractivity contribution in [2.45, 2.75) is 26.4 Å². The van der Waals surface area contributed by atoms with Gasteiger partial charge in [-0.3, -0.25) is 0 Å². The molecule has 1 aromatic heterocycles. The molecule has 0 bridgehead atoms. The van der Waals surface area contributed by atoms with Gasteiger partial charge in [-0.1, -0.05) is 0 Å². The van der Waals surface area contributed by atoms with Crippen LogP contribution in [0.2, 0.25) is 0 Å². The molecule has 0 spiro atoms. The van der Waals surface area contributed by atoms with E-state index in [1.165, 1.54) is 0 Å². The normalized spacial score (nSPS) is 16.2. The monoisotopic (exact) mass is 342 g/mol.